The number of aliphatic hydroxyl groups is 1. The SMILES string of the molecule is Cc1cc(N)ccc1C(=O)NC[C@@H](C)O. The summed E-state index contributed by atoms with van der Waals surface area (Å²) >= 11 is 0. The minimum absolute atomic E-state index is 0.187. The van der Waals surface area contributed by atoms with Gasteiger partial charge < -0.3 is 16.2 Å². The molecule has 0 saturated heterocycles. The van der Waals surface area contributed by atoms with Crippen LogP contribution in [0.15, 0.2) is 18.2 Å². The molecule has 0 radical (unpaired) electrons. The first-order chi connectivity index (χ1) is 7.00. The summed E-state index contributed by atoms with van der Waals surface area (Å²) < 4.78 is 0. The quantitative estimate of drug-likeness (QED) is 0.640. The van der Waals surface area contributed by atoms with Crippen LogP contribution in [-0.4, -0.2) is 23.7 Å². The van der Waals surface area contributed by atoms with Crippen molar-refractivity contribution in [1.29, 1.82) is 0 Å². The highest BCUT2D eigenvalue weighted by Crippen LogP contribution is 2.12. The van der Waals surface area contributed by atoms with Crippen molar-refractivity contribution in [3.63, 3.8) is 0 Å². The van der Waals surface area contributed by atoms with Gasteiger partial charge in [-0.3, -0.25) is 4.79 Å². The van der Waals surface area contributed by atoms with Crippen molar-refractivity contribution in [3.8, 4) is 0 Å². The first kappa shape index (κ1) is 11.5. The number of hydrogen-bond acceptors (Lipinski definition) is 3. The molecule has 0 aliphatic heterocycles. The molecule has 0 aliphatic rings. The maximum Gasteiger partial charge on any atom is 0.251 e. The van der Waals surface area contributed by atoms with E-state index < -0.39 is 6.10 Å². The number of nitrogen functional groups attached to an aromatic ring is 1. The van der Waals surface area contributed by atoms with Gasteiger partial charge in [0, 0.05) is 17.8 Å². The van der Waals surface area contributed by atoms with Gasteiger partial charge in [-0.1, -0.05) is 0 Å². The Hall–Kier alpha value is -1.55. The molecule has 1 aromatic rings. The largest absolute Gasteiger partial charge is 0.399 e. The molecule has 1 amide bonds. The number of hydrogen-bond donors (Lipinski definition) is 3. The summed E-state index contributed by atoms with van der Waals surface area (Å²) in [6.07, 6.45) is -0.539. The van der Waals surface area contributed by atoms with Gasteiger partial charge in [0.25, 0.3) is 5.91 Å². The van der Waals surface area contributed by atoms with Crippen LogP contribution in [0.25, 0.3) is 0 Å². The van der Waals surface area contributed by atoms with E-state index in [1.165, 1.54) is 0 Å². The third-order valence-corrected chi connectivity index (χ3v) is 2.05. The summed E-state index contributed by atoms with van der Waals surface area (Å²) in [6.45, 7) is 3.70. The Balaban J connectivity index is 2.74. The number of benzene rings is 1. The van der Waals surface area contributed by atoms with Crippen molar-refractivity contribution in [2.75, 3.05) is 12.3 Å². The van der Waals surface area contributed by atoms with Gasteiger partial charge in [-0.25, -0.2) is 0 Å². The van der Waals surface area contributed by atoms with Crippen LogP contribution in [0.5, 0.6) is 0 Å². The van der Waals surface area contributed by atoms with Gasteiger partial charge in [0.05, 0.1) is 6.10 Å². The van der Waals surface area contributed by atoms with Crippen molar-refractivity contribution in [1.82, 2.24) is 5.32 Å². The van der Waals surface area contributed by atoms with E-state index in [0.717, 1.165) is 5.56 Å². The number of aryl methyl sites for hydroxylation is 1. The lowest BCUT2D eigenvalue weighted by molar-refractivity contribution is 0.0923. The molecule has 4 nitrogen and oxygen atoms in total. The van der Waals surface area contributed by atoms with Crippen molar-refractivity contribution < 1.29 is 9.90 Å². The van der Waals surface area contributed by atoms with E-state index in [-0.39, 0.29) is 12.5 Å². The molecule has 4 N–H and O–H groups in total. The normalized spacial score (nSPS) is 12.2. The summed E-state index contributed by atoms with van der Waals surface area (Å²) in [6, 6.07) is 5.11. The van der Waals surface area contributed by atoms with E-state index in [1.807, 2.05) is 6.92 Å². The van der Waals surface area contributed by atoms with Crippen LogP contribution in [0.1, 0.15) is 22.8 Å². The van der Waals surface area contributed by atoms with Crippen LogP contribution >= 0.6 is 0 Å². The van der Waals surface area contributed by atoms with E-state index in [9.17, 15) is 4.79 Å². The highest BCUT2D eigenvalue weighted by atomic mass is 16.3. The topological polar surface area (TPSA) is 75.4 Å². The van der Waals surface area contributed by atoms with E-state index in [1.54, 1.807) is 25.1 Å². The Bertz CT molecular complexity index is 362. The van der Waals surface area contributed by atoms with E-state index in [0.29, 0.717) is 11.3 Å². The number of nitrogens with two attached hydrogens (primary N) is 1. The number of amides is 1. The molecule has 0 fully saturated rings. The van der Waals surface area contributed by atoms with E-state index >= 15 is 0 Å². The van der Waals surface area contributed by atoms with Crippen LogP contribution < -0.4 is 11.1 Å². The van der Waals surface area contributed by atoms with Gasteiger partial charge in [0.1, 0.15) is 0 Å². The van der Waals surface area contributed by atoms with Gasteiger partial charge in [0.15, 0.2) is 0 Å². The Morgan fingerprint density at radius 1 is 1.60 bits per heavy atom. The van der Waals surface area contributed by atoms with Crippen molar-refractivity contribution in [2.45, 2.75) is 20.0 Å². The molecule has 1 aromatic carbocycles. The zero-order valence-corrected chi connectivity index (χ0v) is 8.95. The average molecular weight is 208 g/mol. The lowest BCUT2D eigenvalue weighted by atomic mass is 10.1. The van der Waals surface area contributed by atoms with Gasteiger partial charge >= 0.3 is 0 Å². The summed E-state index contributed by atoms with van der Waals surface area (Å²) in [7, 11) is 0. The first-order valence-electron chi connectivity index (χ1n) is 4.83. The number of anilines is 1. The minimum atomic E-state index is -0.539. The fraction of sp³-hybridized carbons (Fsp3) is 0.364. The first-order valence-corrected chi connectivity index (χ1v) is 4.83. The molecule has 1 rings (SSSR count). The highest BCUT2D eigenvalue weighted by molar-refractivity contribution is 5.96. The molecule has 0 heterocycles. The zero-order chi connectivity index (χ0) is 11.4. The number of rotatable bonds is 3. The van der Waals surface area contributed by atoms with Gasteiger partial charge in [-0.2, -0.15) is 0 Å². The molecule has 0 aromatic heterocycles. The second kappa shape index (κ2) is 4.79. The Labute approximate surface area is 89.1 Å². The molecule has 0 aliphatic carbocycles. The molecule has 82 valence electrons. The summed E-state index contributed by atoms with van der Waals surface area (Å²) in [5.41, 5.74) is 7.64. The zero-order valence-electron chi connectivity index (χ0n) is 8.95. The van der Waals surface area contributed by atoms with Crippen molar-refractivity contribution in [3.05, 3.63) is 29.3 Å². The third-order valence-electron chi connectivity index (χ3n) is 2.05. The summed E-state index contributed by atoms with van der Waals surface area (Å²) in [5, 5.41) is 11.7. The van der Waals surface area contributed by atoms with Gasteiger partial charge in [-0.15, -0.1) is 0 Å². The van der Waals surface area contributed by atoms with Crippen molar-refractivity contribution in [2.24, 2.45) is 0 Å². The van der Waals surface area contributed by atoms with Crippen LogP contribution in [0.3, 0.4) is 0 Å². The standard InChI is InChI=1S/C11H16N2O2/c1-7-5-9(12)3-4-10(7)11(15)13-6-8(2)14/h3-5,8,14H,6,12H2,1-2H3,(H,13,15)/t8-/m1/s1. The summed E-state index contributed by atoms with van der Waals surface area (Å²) in [4.78, 5) is 11.6. The minimum Gasteiger partial charge on any atom is -0.399 e. The number of carbonyl (C=O) groups is 1. The maximum atomic E-state index is 11.6. The molecule has 0 bridgehead atoms. The van der Waals surface area contributed by atoms with Crippen LogP contribution in [0.4, 0.5) is 5.69 Å². The molecule has 1 atom stereocenters. The second-order valence-corrected chi connectivity index (χ2v) is 3.63. The van der Waals surface area contributed by atoms with Crippen molar-refractivity contribution >= 4 is 11.6 Å². The molecular weight excluding hydrogens is 192 g/mol. The number of carbonyl (C=O) groups excluding carboxylic acids is 1. The van der Waals surface area contributed by atoms with E-state index in [4.69, 9.17) is 10.8 Å². The Morgan fingerprint density at radius 2 is 2.27 bits per heavy atom. The second-order valence-electron chi connectivity index (χ2n) is 3.63. The lowest BCUT2D eigenvalue weighted by Gasteiger charge is -2.09. The van der Waals surface area contributed by atoms with Crippen LogP contribution in [0, 0.1) is 6.92 Å². The number of nitrogens with one attached hydrogen (secondary N) is 1. The predicted molar refractivity (Wildman–Crippen MR) is 59.6 cm³/mol. The summed E-state index contributed by atoms with van der Waals surface area (Å²) in [5.74, 6) is -0.187. The molecular formula is C11H16N2O2. The van der Waals surface area contributed by atoms with Crippen LogP contribution in [0.2, 0.25) is 0 Å². The molecule has 0 saturated carbocycles. The fourth-order valence-corrected chi connectivity index (χ4v) is 1.28. The predicted octanol–water partition coefficient (Wildman–Crippen LogP) is 0.688. The lowest BCUT2D eigenvalue weighted by Crippen LogP contribution is -2.30. The molecule has 15 heavy (non-hydrogen) atoms. The molecule has 0 unspecified atom stereocenters. The Kier molecular flexibility index (Phi) is 3.68. The maximum absolute atomic E-state index is 11.6. The van der Waals surface area contributed by atoms with Gasteiger partial charge in [-0.05, 0) is 37.6 Å². The molecule has 4 heteroatoms. The highest BCUT2D eigenvalue weighted by Gasteiger charge is 2.08. The monoisotopic (exact) mass is 208 g/mol. The van der Waals surface area contributed by atoms with Crippen LogP contribution in [-0.2, 0) is 0 Å². The smallest absolute Gasteiger partial charge is 0.251 e. The van der Waals surface area contributed by atoms with E-state index in [2.05, 4.69) is 5.32 Å². The average Bonchev–Trinajstić information content (AvgIpc) is 2.14. The van der Waals surface area contributed by atoms with Gasteiger partial charge in [0.2, 0.25) is 0 Å². The third kappa shape index (κ3) is 3.25. The fourth-order valence-electron chi connectivity index (χ4n) is 1.28. The Morgan fingerprint density at radius 3 is 2.80 bits per heavy atom. The number of aliphatic hydroxyl groups excluding tert-OH is 1. The molecule has 0 spiro atoms.